The van der Waals surface area contributed by atoms with Crippen LogP contribution in [0.2, 0.25) is 0 Å². The van der Waals surface area contributed by atoms with E-state index in [1.54, 1.807) is 6.20 Å². The molecule has 0 bridgehead atoms. The van der Waals surface area contributed by atoms with E-state index >= 15 is 0 Å². The molecule has 1 saturated heterocycles. The van der Waals surface area contributed by atoms with E-state index in [0.717, 1.165) is 29.2 Å². The number of pyridine rings is 1. The van der Waals surface area contributed by atoms with E-state index in [1.165, 1.54) is 5.56 Å². The Kier molecular flexibility index (Phi) is 7.57. The van der Waals surface area contributed by atoms with Gasteiger partial charge in [-0.2, -0.15) is 0 Å². The molecule has 1 aliphatic rings. The standard InChI is InChI=1S/C22H25N5O2.ClH/c1-15-5-7-16(8-6-15)21-22(18-4-2-3-9-24-18)27-19(26-21)14-25-20(28)12-17-13-23-10-11-29-17;/h2-9,17,23H,10-14H2,1H3,(H,25,28)(H,26,27);1H. The van der Waals surface area contributed by atoms with Gasteiger partial charge in [0.1, 0.15) is 5.82 Å². The maximum atomic E-state index is 12.3. The third-order valence-corrected chi connectivity index (χ3v) is 4.87. The summed E-state index contributed by atoms with van der Waals surface area (Å²) in [4.78, 5) is 24.8. The SMILES string of the molecule is Cc1ccc(-c2nc(CNC(=O)CC3CNCCO3)[nH]c2-c2ccccn2)cc1.Cl. The molecule has 1 aromatic carbocycles. The summed E-state index contributed by atoms with van der Waals surface area (Å²) in [6.07, 6.45) is 2.02. The van der Waals surface area contributed by atoms with Gasteiger partial charge in [0.05, 0.1) is 42.8 Å². The second-order valence-corrected chi connectivity index (χ2v) is 7.17. The van der Waals surface area contributed by atoms with Gasteiger partial charge in [0.25, 0.3) is 0 Å². The molecule has 0 aliphatic carbocycles. The lowest BCUT2D eigenvalue weighted by atomic mass is 10.1. The van der Waals surface area contributed by atoms with Gasteiger partial charge >= 0.3 is 0 Å². The highest BCUT2D eigenvalue weighted by molar-refractivity contribution is 5.85. The molecule has 0 radical (unpaired) electrons. The Labute approximate surface area is 182 Å². The van der Waals surface area contributed by atoms with Gasteiger partial charge < -0.3 is 20.4 Å². The lowest BCUT2D eigenvalue weighted by Gasteiger charge is -2.22. The third kappa shape index (κ3) is 5.44. The molecule has 1 amide bonds. The molecule has 8 heteroatoms. The molecule has 30 heavy (non-hydrogen) atoms. The summed E-state index contributed by atoms with van der Waals surface area (Å²) in [5.41, 5.74) is 4.68. The number of nitrogens with zero attached hydrogens (tertiary/aromatic N) is 2. The maximum absolute atomic E-state index is 12.3. The first kappa shape index (κ1) is 22.0. The van der Waals surface area contributed by atoms with Crippen molar-refractivity contribution >= 4 is 18.3 Å². The molecular weight excluding hydrogens is 402 g/mol. The second-order valence-electron chi connectivity index (χ2n) is 7.17. The summed E-state index contributed by atoms with van der Waals surface area (Å²) < 4.78 is 5.59. The molecular formula is C22H26ClN5O2. The highest BCUT2D eigenvalue weighted by Gasteiger charge is 2.19. The Bertz CT molecular complexity index is 953. The number of aryl methyl sites for hydroxylation is 1. The molecule has 0 saturated carbocycles. The van der Waals surface area contributed by atoms with Gasteiger partial charge in [-0.1, -0.05) is 35.9 Å². The molecule has 1 atom stereocenters. The summed E-state index contributed by atoms with van der Waals surface area (Å²) >= 11 is 0. The summed E-state index contributed by atoms with van der Waals surface area (Å²) in [5, 5.41) is 6.17. The number of nitrogens with one attached hydrogen (secondary N) is 3. The van der Waals surface area contributed by atoms with Crippen LogP contribution in [0.15, 0.2) is 48.7 Å². The second kappa shape index (κ2) is 10.3. The molecule has 3 N–H and O–H groups in total. The molecule has 7 nitrogen and oxygen atoms in total. The molecule has 1 fully saturated rings. The number of hydrogen-bond donors (Lipinski definition) is 3. The lowest BCUT2D eigenvalue weighted by Crippen LogP contribution is -2.41. The number of H-pyrrole nitrogens is 1. The summed E-state index contributed by atoms with van der Waals surface area (Å²) in [6, 6.07) is 14.0. The maximum Gasteiger partial charge on any atom is 0.223 e. The van der Waals surface area contributed by atoms with Gasteiger partial charge in [-0.05, 0) is 19.1 Å². The highest BCUT2D eigenvalue weighted by Crippen LogP contribution is 2.29. The van der Waals surface area contributed by atoms with Crippen LogP contribution in [0.4, 0.5) is 0 Å². The van der Waals surface area contributed by atoms with Crippen LogP contribution in [0.5, 0.6) is 0 Å². The van der Waals surface area contributed by atoms with Crippen molar-refractivity contribution in [3.8, 4) is 22.6 Å². The van der Waals surface area contributed by atoms with Gasteiger partial charge in [0.2, 0.25) is 5.91 Å². The number of carbonyl (C=O) groups excluding carboxylic acids is 1. The minimum atomic E-state index is -0.0763. The molecule has 3 aromatic rings. The largest absolute Gasteiger partial charge is 0.375 e. The smallest absolute Gasteiger partial charge is 0.223 e. The fraction of sp³-hybridized carbons (Fsp3) is 0.318. The van der Waals surface area contributed by atoms with Crippen LogP contribution in [0.3, 0.4) is 0 Å². The number of morpholine rings is 1. The predicted octanol–water partition coefficient (Wildman–Crippen LogP) is 2.86. The molecule has 158 valence electrons. The summed E-state index contributed by atoms with van der Waals surface area (Å²) in [5.74, 6) is 0.642. The Balaban J connectivity index is 0.00000256. The number of aromatic nitrogens is 3. The van der Waals surface area contributed by atoms with Crippen LogP contribution in [0.1, 0.15) is 17.8 Å². The fourth-order valence-electron chi connectivity index (χ4n) is 3.33. The number of aromatic amines is 1. The van der Waals surface area contributed by atoms with Crippen molar-refractivity contribution < 1.29 is 9.53 Å². The molecule has 0 spiro atoms. The van der Waals surface area contributed by atoms with E-state index in [0.29, 0.717) is 31.9 Å². The number of benzene rings is 1. The molecule has 3 heterocycles. The lowest BCUT2D eigenvalue weighted by molar-refractivity contribution is -0.124. The summed E-state index contributed by atoms with van der Waals surface area (Å²) in [7, 11) is 0. The number of carbonyl (C=O) groups is 1. The fourth-order valence-corrected chi connectivity index (χ4v) is 3.33. The first-order valence-corrected chi connectivity index (χ1v) is 9.85. The normalized spacial score (nSPS) is 16.0. The number of amides is 1. The van der Waals surface area contributed by atoms with Crippen molar-refractivity contribution in [2.45, 2.75) is 26.0 Å². The number of hydrogen-bond acceptors (Lipinski definition) is 5. The van der Waals surface area contributed by atoms with Crippen molar-refractivity contribution in [3.05, 3.63) is 60.0 Å². The van der Waals surface area contributed by atoms with Gasteiger partial charge in [-0.25, -0.2) is 4.98 Å². The Hall–Kier alpha value is -2.74. The Morgan fingerprint density at radius 2 is 2.07 bits per heavy atom. The zero-order valence-corrected chi connectivity index (χ0v) is 17.7. The van der Waals surface area contributed by atoms with Gasteiger partial charge in [-0.15, -0.1) is 12.4 Å². The van der Waals surface area contributed by atoms with E-state index in [2.05, 4.69) is 39.7 Å². The van der Waals surface area contributed by atoms with E-state index in [9.17, 15) is 4.79 Å². The van der Waals surface area contributed by atoms with Crippen LogP contribution in [0, 0.1) is 6.92 Å². The minimum Gasteiger partial charge on any atom is -0.375 e. The number of imidazole rings is 1. The summed E-state index contributed by atoms with van der Waals surface area (Å²) in [6.45, 7) is 4.56. The highest BCUT2D eigenvalue weighted by atomic mass is 35.5. The predicted molar refractivity (Wildman–Crippen MR) is 118 cm³/mol. The van der Waals surface area contributed by atoms with Crippen LogP contribution < -0.4 is 10.6 Å². The van der Waals surface area contributed by atoms with Crippen LogP contribution in [-0.2, 0) is 16.1 Å². The molecule has 2 aromatic heterocycles. The molecule has 4 rings (SSSR count). The topological polar surface area (TPSA) is 91.9 Å². The van der Waals surface area contributed by atoms with Crippen molar-refractivity contribution in [2.75, 3.05) is 19.7 Å². The van der Waals surface area contributed by atoms with Crippen molar-refractivity contribution in [1.29, 1.82) is 0 Å². The quantitative estimate of drug-likeness (QED) is 0.562. The van der Waals surface area contributed by atoms with Gasteiger partial charge in [0.15, 0.2) is 0 Å². The third-order valence-electron chi connectivity index (χ3n) is 4.87. The first-order chi connectivity index (χ1) is 14.2. The van der Waals surface area contributed by atoms with Gasteiger partial charge in [-0.3, -0.25) is 9.78 Å². The zero-order valence-electron chi connectivity index (χ0n) is 16.9. The average Bonchev–Trinajstić information content (AvgIpc) is 3.18. The Morgan fingerprint density at radius 3 is 2.77 bits per heavy atom. The first-order valence-electron chi connectivity index (χ1n) is 9.85. The van der Waals surface area contributed by atoms with Crippen LogP contribution in [-0.4, -0.2) is 46.7 Å². The van der Waals surface area contributed by atoms with Crippen molar-refractivity contribution in [3.63, 3.8) is 0 Å². The average molecular weight is 428 g/mol. The van der Waals surface area contributed by atoms with E-state index in [4.69, 9.17) is 9.72 Å². The molecule has 1 aliphatic heterocycles. The van der Waals surface area contributed by atoms with E-state index in [1.807, 2.05) is 30.3 Å². The zero-order chi connectivity index (χ0) is 20.1. The number of ether oxygens (including phenoxy) is 1. The van der Waals surface area contributed by atoms with E-state index in [-0.39, 0.29) is 24.4 Å². The minimum absolute atomic E-state index is 0. The van der Waals surface area contributed by atoms with Crippen molar-refractivity contribution in [2.24, 2.45) is 0 Å². The number of rotatable bonds is 6. The van der Waals surface area contributed by atoms with E-state index < -0.39 is 0 Å². The monoisotopic (exact) mass is 427 g/mol. The van der Waals surface area contributed by atoms with Crippen LogP contribution >= 0.6 is 12.4 Å². The molecule has 1 unspecified atom stereocenters. The number of halogens is 1. The van der Waals surface area contributed by atoms with Crippen LogP contribution in [0.25, 0.3) is 22.6 Å². The van der Waals surface area contributed by atoms with Crippen molar-refractivity contribution in [1.82, 2.24) is 25.6 Å². The Morgan fingerprint density at radius 1 is 1.23 bits per heavy atom. The van der Waals surface area contributed by atoms with Gasteiger partial charge in [0, 0.05) is 24.8 Å².